The maximum absolute atomic E-state index is 14.3. The molecular formula is C32H22FN7O2. The molecule has 0 fully saturated rings. The van der Waals surface area contributed by atoms with E-state index in [1.165, 1.54) is 19.2 Å². The highest BCUT2D eigenvalue weighted by Crippen LogP contribution is 2.35. The normalized spacial score (nSPS) is 11.2. The number of pyridine rings is 3. The first-order valence-corrected chi connectivity index (χ1v) is 13.0. The molecule has 0 aliphatic rings. The summed E-state index contributed by atoms with van der Waals surface area (Å²) in [6, 6.07) is 21.1. The third-order valence-corrected chi connectivity index (χ3v) is 6.98. The number of aromatic amines is 2. The number of halogens is 1. The molecule has 0 aliphatic carbocycles. The number of anilines is 1. The van der Waals surface area contributed by atoms with Gasteiger partial charge in [-0.1, -0.05) is 18.2 Å². The van der Waals surface area contributed by atoms with Gasteiger partial charge in [-0.05, 0) is 59.7 Å². The molecule has 7 rings (SSSR count). The van der Waals surface area contributed by atoms with E-state index in [-0.39, 0.29) is 11.7 Å². The van der Waals surface area contributed by atoms with Crippen LogP contribution in [0.1, 0.15) is 10.4 Å². The number of methoxy groups -OCH3 is 1. The van der Waals surface area contributed by atoms with E-state index in [0.29, 0.717) is 39.6 Å². The largest absolute Gasteiger partial charge is 0.497 e. The number of fused-ring (bicyclic) bond motifs is 2. The molecular weight excluding hydrogens is 533 g/mol. The Bertz CT molecular complexity index is 2100. The van der Waals surface area contributed by atoms with Crippen molar-refractivity contribution >= 4 is 33.5 Å². The van der Waals surface area contributed by atoms with Crippen LogP contribution in [-0.4, -0.2) is 43.2 Å². The molecule has 204 valence electrons. The lowest BCUT2D eigenvalue weighted by Crippen LogP contribution is -2.11. The molecule has 7 aromatic rings. The van der Waals surface area contributed by atoms with Gasteiger partial charge in [-0.25, -0.2) is 9.37 Å². The van der Waals surface area contributed by atoms with Crippen molar-refractivity contribution in [2.24, 2.45) is 0 Å². The van der Waals surface area contributed by atoms with E-state index in [2.05, 4.69) is 35.5 Å². The van der Waals surface area contributed by atoms with Gasteiger partial charge in [0.15, 0.2) is 0 Å². The first-order valence-electron chi connectivity index (χ1n) is 13.0. The molecule has 0 saturated heterocycles. The Labute approximate surface area is 238 Å². The lowest BCUT2D eigenvalue weighted by Gasteiger charge is -2.07. The van der Waals surface area contributed by atoms with Crippen LogP contribution in [0.4, 0.5) is 10.1 Å². The summed E-state index contributed by atoms with van der Waals surface area (Å²) in [5, 5.41) is 12.1. The summed E-state index contributed by atoms with van der Waals surface area (Å²) in [6.45, 7) is 0. The average Bonchev–Trinajstić information content (AvgIpc) is 3.65. The molecule has 0 saturated carbocycles. The van der Waals surface area contributed by atoms with Crippen LogP contribution in [0, 0.1) is 5.82 Å². The number of benzene rings is 2. The van der Waals surface area contributed by atoms with Gasteiger partial charge in [0.25, 0.3) is 5.91 Å². The summed E-state index contributed by atoms with van der Waals surface area (Å²) in [6.07, 6.45) is 6.67. The molecule has 0 spiro atoms. The summed E-state index contributed by atoms with van der Waals surface area (Å²) in [4.78, 5) is 29.4. The van der Waals surface area contributed by atoms with Gasteiger partial charge in [-0.3, -0.25) is 19.9 Å². The number of carbonyl (C=O) groups is 1. The minimum Gasteiger partial charge on any atom is -0.497 e. The van der Waals surface area contributed by atoms with E-state index in [1.54, 1.807) is 43.0 Å². The van der Waals surface area contributed by atoms with Crippen LogP contribution in [0.5, 0.6) is 5.75 Å². The molecule has 0 bridgehead atoms. The number of amides is 1. The highest BCUT2D eigenvalue weighted by molar-refractivity contribution is 6.04. The smallest absolute Gasteiger partial charge is 0.255 e. The quantitative estimate of drug-likeness (QED) is 0.212. The Morgan fingerprint density at radius 1 is 0.905 bits per heavy atom. The fourth-order valence-corrected chi connectivity index (χ4v) is 4.96. The van der Waals surface area contributed by atoms with Crippen molar-refractivity contribution in [1.29, 1.82) is 0 Å². The van der Waals surface area contributed by atoms with E-state index in [4.69, 9.17) is 4.74 Å². The number of carbonyl (C=O) groups excluding carboxylic acids is 1. The van der Waals surface area contributed by atoms with E-state index in [0.717, 1.165) is 33.1 Å². The SMILES string of the molecule is COc1cc(F)cc(-c2ccnc3[nH]c(-c4n[nH]c5cnc(-c6cncc(NC(=O)c7ccccc7)c6)cc45)cc23)c1. The first kappa shape index (κ1) is 25.1. The van der Waals surface area contributed by atoms with Crippen LogP contribution < -0.4 is 10.1 Å². The summed E-state index contributed by atoms with van der Waals surface area (Å²) in [7, 11) is 1.51. The van der Waals surface area contributed by atoms with Crippen molar-refractivity contribution in [3.8, 4) is 39.5 Å². The highest BCUT2D eigenvalue weighted by atomic mass is 19.1. The minimum absolute atomic E-state index is 0.224. The molecule has 0 unspecified atom stereocenters. The fraction of sp³-hybridized carbons (Fsp3) is 0.0312. The first-order chi connectivity index (χ1) is 20.6. The molecule has 2 aromatic carbocycles. The van der Waals surface area contributed by atoms with Crippen LogP contribution in [0.2, 0.25) is 0 Å². The van der Waals surface area contributed by atoms with Crippen LogP contribution in [-0.2, 0) is 0 Å². The molecule has 0 atom stereocenters. The minimum atomic E-state index is -0.387. The highest BCUT2D eigenvalue weighted by Gasteiger charge is 2.16. The number of aromatic nitrogens is 6. The molecule has 1 amide bonds. The van der Waals surface area contributed by atoms with Gasteiger partial charge in [0.05, 0.1) is 42.1 Å². The number of hydrogen-bond acceptors (Lipinski definition) is 6. The van der Waals surface area contributed by atoms with Crippen molar-refractivity contribution in [1.82, 2.24) is 30.1 Å². The Balaban J connectivity index is 1.25. The van der Waals surface area contributed by atoms with Crippen molar-refractivity contribution in [3.05, 3.63) is 109 Å². The van der Waals surface area contributed by atoms with E-state index >= 15 is 0 Å². The summed E-state index contributed by atoms with van der Waals surface area (Å²) in [5.41, 5.74) is 6.79. The predicted molar refractivity (Wildman–Crippen MR) is 159 cm³/mol. The fourth-order valence-electron chi connectivity index (χ4n) is 4.96. The lowest BCUT2D eigenvalue weighted by atomic mass is 10.0. The third kappa shape index (κ3) is 4.60. The molecule has 5 heterocycles. The zero-order valence-electron chi connectivity index (χ0n) is 22.2. The number of nitrogens with one attached hydrogen (secondary N) is 3. The standard InChI is InChI=1S/C32H22FN7O2/c1-42-23-11-19(9-21(33)12-23)24-7-8-35-31-25(24)13-28(38-31)30-26-14-27(36-17-29(26)39-40-30)20-10-22(16-34-15-20)37-32(41)18-5-3-2-4-6-18/h2-17H,1H3,(H,35,38)(H,37,41)(H,39,40). The van der Waals surface area contributed by atoms with Gasteiger partial charge in [-0.2, -0.15) is 5.10 Å². The van der Waals surface area contributed by atoms with Gasteiger partial charge in [0, 0.05) is 40.4 Å². The zero-order valence-corrected chi connectivity index (χ0v) is 22.2. The van der Waals surface area contributed by atoms with Gasteiger partial charge in [-0.15, -0.1) is 0 Å². The van der Waals surface area contributed by atoms with E-state index in [1.807, 2.05) is 42.5 Å². The summed E-state index contributed by atoms with van der Waals surface area (Å²) < 4.78 is 19.6. The van der Waals surface area contributed by atoms with Crippen molar-refractivity contribution < 1.29 is 13.9 Å². The Morgan fingerprint density at radius 2 is 1.79 bits per heavy atom. The predicted octanol–water partition coefficient (Wildman–Crippen LogP) is 6.63. The Hall–Kier alpha value is -5.90. The zero-order chi connectivity index (χ0) is 28.6. The van der Waals surface area contributed by atoms with E-state index in [9.17, 15) is 9.18 Å². The van der Waals surface area contributed by atoms with Crippen LogP contribution in [0.25, 0.3) is 55.7 Å². The number of ether oxygens (including phenoxy) is 1. The van der Waals surface area contributed by atoms with Gasteiger partial charge in [0.2, 0.25) is 0 Å². The average molecular weight is 556 g/mol. The molecule has 0 aliphatic heterocycles. The second-order valence-electron chi connectivity index (χ2n) is 9.65. The van der Waals surface area contributed by atoms with Crippen molar-refractivity contribution in [2.75, 3.05) is 12.4 Å². The number of H-pyrrole nitrogens is 2. The van der Waals surface area contributed by atoms with Gasteiger partial charge < -0.3 is 15.0 Å². The maximum atomic E-state index is 14.3. The summed E-state index contributed by atoms with van der Waals surface area (Å²) >= 11 is 0. The second kappa shape index (κ2) is 10.3. The molecule has 10 heteroatoms. The molecule has 5 aromatic heterocycles. The third-order valence-electron chi connectivity index (χ3n) is 6.98. The molecule has 3 N–H and O–H groups in total. The van der Waals surface area contributed by atoms with E-state index < -0.39 is 0 Å². The van der Waals surface area contributed by atoms with Crippen molar-refractivity contribution in [2.45, 2.75) is 0 Å². The number of hydrogen-bond donors (Lipinski definition) is 3. The van der Waals surface area contributed by atoms with Gasteiger partial charge in [0.1, 0.15) is 22.9 Å². The number of nitrogens with zero attached hydrogens (tertiary/aromatic N) is 4. The topological polar surface area (TPSA) is 121 Å². The van der Waals surface area contributed by atoms with Gasteiger partial charge >= 0.3 is 0 Å². The molecule has 0 radical (unpaired) electrons. The lowest BCUT2D eigenvalue weighted by molar-refractivity contribution is 0.102. The second-order valence-corrected chi connectivity index (χ2v) is 9.65. The molecule has 42 heavy (non-hydrogen) atoms. The Kier molecular flexibility index (Phi) is 6.12. The Morgan fingerprint density at radius 3 is 2.64 bits per heavy atom. The maximum Gasteiger partial charge on any atom is 0.255 e. The van der Waals surface area contributed by atoms with Crippen LogP contribution >= 0.6 is 0 Å². The summed E-state index contributed by atoms with van der Waals surface area (Å²) in [5.74, 6) is -0.178. The van der Waals surface area contributed by atoms with Crippen molar-refractivity contribution in [3.63, 3.8) is 0 Å². The van der Waals surface area contributed by atoms with Crippen LogP contribution in [0.15, 0.2) is 97.6 Å². The monoisotopic (exact) mass is 555 g/mol. The number of rotatable bonds is 6. The van der Waals surface area contributed by atoms with Crippen LogP contribution in [0.3, 0.4) is 0 Å². The molecule has 9 nitrogen and oxygen atoms in total.